The summed E-state index contributed by atoms with van der Waals surface area (Å²) in [5.74, 6) is 0.715. The number of carbonyl (C=O) groups excluding carboxylic acids is 1. The maximum absolute atomic E-state index is 12.1. The molecule has 116 valence electrons. The molecule has 0 spiro atoms. The topological polar surface area (TPSA) is 38.3 Å². The van der Waals surface area contributed by atoms with Gasteiger partial charge in [-0.15, -0.1) is 0 Å². The first-order valence-corrected chi connectivity index (χ1v) is 8.24. The quantitative estimate of drug-likeness (QED) is 0.768. The minimum atomic E-state index is -0.00692. The Hall–Kier alpha value is -1.81. The van der Waals surface area contributed by atoms with Gasteiger partial charge in [0.05, 0.1) is 12.3 Å². The molecule has 0 radical (unpaired) electrons. The highest BCUT2D eigenvalue weighted by atomic mass is 79.9. The number of anilines is 1. The van der Waals surface area contributed by atoms with Gasteiger partial charge >= 0.3 is 0 Å². The van der Waals surface area contributed by atoms with E-state index in [1.165, 1.54) is 0 Å². The van der Waals surface area contributed by atoms with Crippen molar-refractivity contribution in [3.63, 3.8) is 0 Å². The number of amides is 1. The lowest BCUT2D eigenvalue weighted by Gasteiger charge is -2.12. The van der Waals surface area contributed by atoms with Crippen LogP contribution in [0.15, 0.2) is 53.0 Å². The summed E-state index contributed by atoms with van der Waals surface area (Å²) in [6.45, 7) is 2.70. The van der Waals surface area contributed by atoms with Crippen LogP contribution in [0.2, 0.25) is 0 Å². The normalized spacial score (nSPS) is 10.3. The molecule has 4 heteroatoms. The molecule has 1 N–H and O–H groups in total. The molecule has 0 heterocycles. The minimum Gasteiger partial charge on any atom is -0.491 e. The molecule has 0 unspecified atom stereocenters. The van der Waals surface area contributed by atoms with E-state index in [0.717, 1.165) is 27.9 Å². The van der Waals surface area contributed by atoms with Crippen molar-refractivity contribution in [2.24, 2.45) is 0 Å². The standard InChI is InChI=1S/C18H20BrNO2/c1-2-12-22-17-9-4-3-8-16(17)20-18(21)11-10-14-6-5-7-15(19)13-14/h3-9,13H,2,10-12H2,1H3,(H,20,21). The molecule has 0 bridgehead atoms. The Morgan fingerprint density at radius 2 is 2.00 bits per heavy atom. The minimum absolute atomic E-state index is 0.00692. The molecule has 0 saturated carbocycles. The smallest absolute Gasteiger partial charge is 0.224 e. The first-order valence-electron chi connectivity index (χ1n) is 7.45. The maximum Gasteiger partial charge on any atom is 0.224 e. The van der Waals surface area contributed by atoms with Gasteiger partial charge in [0.1, 0.15) is 5.75 Å². The van der Waals surface area contributed by atoms with Gasteiger partial charge in [0.15, 0.2) is 0 Å². The van der Waals surface area contributed by atoms with Crippen molar-refractivity contribution in [1.29, 1.82) is 0 Å². The van der Waals surface area contributed by atoms with Gasteiger partial charge in [-0.25, -0.2) is 0 Å². The Kier molecular flexibility index (Phi) is 6.46. The van der Waals surface area contributed by atoms with E-state index in [4.69, 9.17) is 4.74 Å². The number of halogens is 1. The Morgan fingerprint density at radius 3 is 2.77 bits per heavy atom. The third-order valence-electron chi connectivity index (χ3n) is 3.15. The predicted molar refractivity (Wildman–Crippen MR) is 93.3 cm³/mol. The van der Waals surface area contributed by atoms with Crippen molar-refractivity contribution in [3.8, 4) is 5.75 Å². The highest BCUT2D eigenvalue weighted by Crippen LogP contribution is 2.24. The summed E-state index contributed by atoms with van der Waals surface area (Å²) in [6.07, 6.45) is 2.09. The van der Waals surface area contributed by atoms with Crippen molar-refractivity contribution in [2.45, 2.75) is 26.2 Å². The fraction of sp³-hybridized carbons (Fsp3) is 0.278. The summed E-state index contributed by atoms with van der Waals surface area (Å²) < 4.78 is 6.68. The summed E-state index contributed by atoms with van der Waals surface area (Å²) in [5, 5.41) is 2.93. The molecule has 3 nitrogen and oxygen atoms in total. The van der Waals surface area contributed by atoms with Gasteiger partial charge in [-0.1, -0.05) is 47.1 Å². The second kappa shape index (κ2) is 8.59. The molecule has 22 heavy (non-hydrogen) atoms. The molecule has 2 aromatic rings. The average Bonchev–Trinajstić information content (AvgIpc) is 2.52. The Labute approximate surface area is 139 Å². The lowest BCUT2D eigenvalue weighted by Crippen LogP contribution is -2.13. The number of rotatable bonds is 7. The van der Waals surface area contributed by atoms with Crippen LogP contribution in [-0.2, 0) is 11.2 Å². The zero-order chi connectivity index (χ0) is 15.8. The number of carbonyl (C=O) groups is 1. The monoisotopic (exact) mass is 361 g/mol. The highest BCUT2D eigenvalue weighted by Gasteiger charge is 2.08. The van der Waals surface area contributed by atoms with Crippen molar-refractivity contribution >= 4 is 27.5 Å². The first kappa shape index (κ1) is 16.6. The van der Waals surface area contributed by atoms with E-state index >= 15 is 0 Å². The molecule has 2 rings (SSSR count). The van der Waals surface area contributed by atoms with E-state index < -0.39 is 0 Å². The largest absolute Gasteiger partial charge is 0.491 e. The van der Waals surface area contributed by atoms with Gasteiger partial charge < -0.3 is 10.1 Å². The molecule has 0 aliphatic rings. The fourth-order valence-electron chi connectivity index (χ4n) is 2.07. The van der Waals surface area contributed by atoms with Crippen LogP contribution >= 0.6 is 15.9 Å². The number of hydrogen-bond donors (Lipinski definition) is 1. The third kappa shape index (κ3) is 5.19. The molecule has 2 aromatic carbocycles. The summed E-state index contributed by atoms with van der Waals surface area (Å²) in [6, 6.07) is 15.5. The summed E-state index contributed by atoms with van der Waals surface area (Å²) >= 11 is 3.44. The van der Waals surface area contributed by atoms with Crippen LogP contribution in [0.4, 0.5) is 5.69 Å². The molecule has 1 amide bonds. The number of ether oxygens (including phenoxy) is 1. The molecule has 0 fully saturated rings. The van der Waals surface area contributed by atoms with Crippen LogP contribution in [0, 0.1) is 0 Å². The van der Waals surface area contributed by atoms with E-state index in [-0.39, 0.29) is 5.91 Å². The van der Waals surface area contributed by atoms with Crippen LogP contribution in [0.3, 0.4) is 0 Å². The van der Waals surface area contributed by atoms with E-state index in [2.05, 4.69) is 28.2 Å². The van der Waals surface area contributed by atoms with Gasteiger partial charge in [0, 0.05) is 10.9 Å². The number of para-hydroxylation sites is 2. The molecular weight excluding hydrogens is 342 g/mol. The van der Waals surface area contributed by atoms with Crippen LogP contribution in [-0.4, -0.2) is 12.5 Å². The second-order valence-corrected chi connectivity index (χ2v) is 5.94. The Balaban J connectivity index is 1.92. The predicted octanol–water partition coefficient (Wildman–Crippen LogP) is 4.81. The molecule has 0 aromatic heterocycles. The zero-order valence-electron chi connectivity index (χ0n) is 12.6. The molecule has 0 aliphatic carbocycles. The van der Waals surface area contributed by atoms with Crippen LogP contribution in [0.5, 0.6) is 5.75 Å². The third-order valence-corrected chi connectivity index (χ3v) is 3.65. The van der Waals surface area contributed by atoms with Gasteiger partial charge in [-0.2, -0.15) is 0 Å². The molecule has 0 saturated heterocycles. The SMILES string of the molecule is CCCOc1ccccc1NC(=O)CCc1cccc(Br)c1. The van der Waals surface area contributed by atoms with Gasteiger partial charge in [0.2, 0.25) is 5.91 Å². The zero-order valence-corrected chi connectivity index (χ0v) is 14.2. The fourth-order valence-corrected chi connectivity index (χ4v) is 2.52. The molecular formula is C18H20BrNO2. The Morgan fingerprint density at radius 1 is 1.18 bits per heavy atom. The summed E-state index contributed by atoms with van der Waals surface area (Å²) in [4.78, 5) is 12.1. The van der Waals surface area contributed by atoms with Crippen LogP contribution in [0.25, 0.3) is 0 Å². The lowest BCUT2D eigenvalue weighted by molar-refractivity contribution is -0.116. The average molecular weight is 362 g/mol. The number of aryl methyl sites for hydroxylation is 1. The van der Waals surface area contributed by atoms with E-state index in [1.54, 1.807) is 0 Å². The van der Waals surface area contributed by atoms with Gasteiger partial charge in [-0.05, 0) is 42.7 Å². The summed E-state index contributed by atoms with van der Waals surface area (Å²) in [5.41, 5.74) is 1.87. The van der Waals surface area contributed by atoms with Crippen molar-refractivity contribution in [1.82, 2.24) is 0 Å². The van der Waals surface area contributed by atoms with Gasteiger partial charge in [0.25, 0.3) is 0 Å². The van der Waals surface area contributed by atoms with Crippen molar-refractivity contribution in [3.05, 3.63) is 58.6 Å². The first-order chi connectivity index (χ1) is 10.7. The lowest BCUT2D eigenvalue weighted by atomic mass is 10.1. The highest BCUT2D eigenvalue weighted by molar-refractivity contribution is 9.10. The second-order valence-electron chi connectivity index (χ2n) is 5.02. The maximum atomic E-state index is 12.1. The van der Waals surface area contributed by atoms with Gasteiger partial charge in [-0.3, -0.25) is 4.79 Å². The van der Waals surface area contributed by atoms with E-state index in [0.29, 0.717) is 19.4 Å². The summed E-state index contributed by atoms with van der Waals surface area (Å²) in [7, 11) is 0. The van der Waals surface area contributed by atoms with Crippen LogP contribution in [0.1, 0.15) is 25.3 Å². The molecule has 0 aliphatic heterocycles. The van der Waals surface area contributed by atoms with E-state index in [1.807, 2.05) is 48.5 Å². The van der Waals surface area contributed by atoms with Crippen molar-refractivity contribution in [2.75, 3.05) is 11.9 Å². The van der Waals surface area contributed by atoms with Crippen molar-refractivity contribution < 1.29 is 9.53 Å². The van der Waals surface area contributed by atoms with E-state index in [9.17, 15) is 4.79 Å². The number of nitrogens with one attached hydrogen (secondary N) is 1. The Bertz CT molecular complexity index is 628. The number of hydrogen-bond acceptors (Lipinski definition) is 2. The number of benzene rings is 2. The molecule has 0 atom stereocenters. The van der Waals surface area contributed by atoms with Crippen LogP contribution < -0.4 is 10.1 Å².